The fraction of sp³-hybridized carbons (Fsp3) is 0.333. The molecule has 1 heterocycles. The summed E-state index contributed by atoms with van der Waals surface area (Å²) in [6.45, 7) is 0. The average molecular weight is 374 g/mol. The van der Waals surface area contributed by atoms with Crippen LogP contribution in [-0.2, 0) is 0 Å². The summed E-state index contributed by atoms with van der Waals surface area (Å²) >= 11 is 3.44. The SMILES string of the molecule is O=C(NC1CCCCC1)c1ccnc(Nc2cccc(Br)c2)c1. The van der Waals surface area contributed by atoms with Gasteiger partial charge in [-0.05, 0) is 43.2 Å². The Morgan fingerprint density at radius 3 is 2.74 bits per heavy atom. The Hall–Kier alpha value is -1.88. The van der Waals surface area contributed by atoms with Crippen LogP contribution in [0.2, 0.25) is 0 Å². The molecule has 0 unspecified atom stereocenters. The van der Waals surface area contributed by atoms with E-state index in [1.807, 2.05) is 24.3 Å². The third kappa shape index (κ3) is 4.55. The monoisotopic (exact) mass is 373 g/mol. The molecule has 23 heavy (non-hydrogen) atoms. The molecule has 2 aromatic rings. The van der Waals surface area contributed by atoms with Gasteiger partial charge in [0.2, 0.25) is 0 Å². The minimum atomic E-state index is -0.0170. The second kappa shape index (κ2) is 7.59. The number of pyridine rings is 1. The zero-order valence-corrected chi connectivity index (χ0v) is 14.5. The zero-order valence-electron chi connectivity index (χ0n) is 12.9. The van der Waals surface area contributed by atoms with Gasteiger partial charge in [0.25, 0.3) is 5.91 Å². The van der Waals surface area contributed by atoms with Crippen LogP contribution in [0.15, 0.2) is 47.1 Å². The maximum atomic E-state index is 12.4. The van der Waals surface area contributed by atoms with Crippen molar-refractivity contribution in [3.8, 4) is 0 Å². The number of carbonyl (C=O) groups is 1. The Kier molecular flexibility index (Phi) is 5.28. The molecule has 3 rings (SSSR count). The van der Waals surface area contributed by atoms with Crippen molar-refractivity contribution in [1.82, 2.24) is 10.3 Å². The summed E-state index contributed by atoms with van der Waals surface area (Å²) in [6, 6.07) is 11.7. The highest BCUT2D eigenvalue weighted by Gasteiger charge is 2.16. The smallest absolute Gasteiger partial charge is 0.251 e. The van der Waals surface area contributed by atoms with Crippen molar-refractivity contribution in [2.75, 3.05) is 5.32 Å². The van der Waals surface area contributed by atoms with Gasteiger partial charge in [-0.2, -0.15) is 0 Å². The van der Waals surface area contributed by atoms with Crippen molar-refractivity contribution in [3.63, 3.8) is 0 Å². The minimum Gasteiger partial charge on any atom is -0.349 e. The summed E-state index contributed by atoms with van der Waals surface area (Å²) in [7, 11) is 0. The van der Waals surface area contributed by atoms with Crippen LogP contribution in [-0.4, -0.2) is 16.9 Å². The largest absolute Gasteiger partial charge is 0.349 e. The van der Waals surface area contributed by atoms with Crippen LogP contribution in [0.3, 0.4) is 0 Å². The van der Waals surface area contributed by atoms with Crippen molar-refractivity contribution in [2.24, 2.45) is 0 Å². The van der Waals surface area contributed by atoms with Crippen molar-refractivity contribution in [1.29, 1.82) is 0 Å². The van der Waals surface area contributed by atoms with E-state index in [0.29, 0.717) is 17.4 Å². The Morgan fingerprint density at radius 1 is 1.13 bits per heavy atom. The maximum absolute atomic E-state index is 12.4. The first kappa shape index (κ1) is 16.0. The molecule has 1 saturated carbocycles. The van der Waals surface area contributed by atoms with Crippen LogP contribution in [0.1, 0.15) is 42.5 Å². The van der Waals surface area contributed by atoms with Gasteiger partial charge in [0.15, 0.2) is 0 Å². The summed E-state index contributed by atoms with van der Waals surface area (Å²) in [5.41, 5.74) is 1.57. The van der Waals surface area contributed by atoms with Crippen molar-refractivity contribution in [2.45, 2.75) is 38.1 Å². The number of halogens is 1. The second-order valence-electron chi connectivity index (χ2n) is 5.87. The number of anilines is 2. The molecular weight excluding hydrogens is 354 g/mol. The Bertz CT molecular complexity index is 683. The number of aromatic nitrogens is 1. The third-order valence-electron chi connectivity index (χ3n) is 4.06. The predicted octanol–water partition coefficient (Wildman–Crippen LogP) is 4.65. The Balaban J connectivity index is 1.67. The first-order valence-electron chi connectivity index (χ1n) is 8.00. The number of hydrogen-bond acceptors (Lipinski definition) is 3. The van der Waals surface area contributed by atoms with E-state index in [1.165, 1.54) is 19.3 Å². The topological polar surface area (TPSA) is 54.0 Å². The lowest BCUT2D eigenvalue weighted by molar-refractivity contribution is 0.0927. The normalized spacial score (nSPS) is 15.2. The molecule has 1 aliphatic carbocycles. The Morgan fingerprint density at radius 2 is 1.96 bits per heavy atom. The molecule has 120 valence electrons. The quantitative estimate of drug-likeness (QED) is 0.819. The van der Waals surface area contributed by atoms with Gasteiger partial charge in [0.1, 0.15) is 5.82 Å². The number of hydrogen-bond donors (Lipinski definition) is 2. The highest BCUT2D eigenvalue weighted by molar-refractivity contribution is 9.10. The lowest BCUT2D eigenvalue weighted by Gasteiger charge is -2.22. The fourth-order valence-corrected chi connectivity index (χ4v) is 3.27. The van der Waals surface area contributed by atoms with Crippen LogP contribution in [0.25, 0.3) is 0 Å². The molecule has 0 spiro atoms. The summed E-state index contributed by atoms with van der Waals surface area (Å²) in [4.78, 5) is 16.7. The molecular formula is C18H20BrN3O. The van der Waals surface area contributed by atoms with Gasteiger partial charge in [-0.3, -0.25) is 4.79 Å². The van der Waals surface area contributed by atoms with E-state index in [-0.39, 0.29) is 5.91 Å². The summed E-state index contributed by atoms with van der Waals surface area (Å²) in [6.07, 6.45) is 7.52. The number of benzene rings is 1. The molecule has 1 fully saturated rings. The van der Waals surface area contributed by atoms with Crippen molar-refractivity contribution in [3.05, 3.63) is 52.6 Å². The van der Waals surface area contributed by atoms with Gasteiger partial charge in [0.05, 0.1) is 0 Å². The summed E-state index contributed by atoms with van der Waals surface area (Å²) < 4.78 is 0.994. The first-order valence-corrected chi connectivity index (χ1v) is 8.79. The van der Waals surface area contributed by atoms with Gasteiger partial charge < -0.3 is 10.6 Å². The molecule has 2 N–H and O–H groups in total. The second-order valence-corrected chi connectivity index (χ2v) is 6.79. The molecule has 0 radical (unpaired) electrons. The van der Waals surface area contributed by atoms with Crippen LogP contribution in [0.5, 0.6) is 0 Å². The molecule has 1 amide bonds. The van der Waals surface area contributed by atoms with Crippen molar-refractivity contribution >= 4 is 33.3 Å². The zero-order chi connectivity index (χ0) is 16.1. The average Bonchev–Trinajstić information content (AvgIpc) is 2.56. The van der Waals surface area contributed by atoms with Gasteiger partial charge in [0, 0.05) is 28.0 Å². The van der Waals surface area contributed by atoms with E-state index in [4.69, 9.17) is 0 Å². The van der Waals surface area contributed by atoms with Crippen LogP contribution < -0.4 is 10.6 Å². The summed E-state index contributed by atoms with van der Waals surface area (Å²) in [5, 5.41) is 6.36. The number of amides is 1. The van der Waals surface area contributed by atoms with E-state index in [2.05, 4.69) is 31.5 Å². The molecule has 1 aromatic heterocycles. The van der Waals surface area contributed by atoms with Gasteiger partial charge in [-0.25, -0.2) is 4.98 Å². The fourth-order valence-electron chi connectivity index (χ4n) is 2.87. The maximum Gasteiger partial charge on any atom is 0.251 e. The van der Waals surface area contributed by atoms with Crippen molar-refractivity contribution < 1.29 is 4.79 Å². The molecule has 0 saturated heterocycles. The Labute approximate surface area is 144 Å². The first-order chi connectivity index (χ1) is 11.2. The molecule has 0 atom stereocenters. The molecule has 0 aliphatic heterocycles. The number of rotatable bonds is 4. The van der Waals surface area contributed by atoms with E-state index >= 15 is 0 Å². The van der Waals surface area contributed by atoms with Gasteiger partial charge >= 0.3 is 0 Å². The summed E-state index contributed by atoms with van der Waals surface area (Å²) in [5.74, 6) is 0.649. The standard InChI is InChI=1S/C18H20BrN3O/c19-14-5-4-8-16(12-14)21-17-11-13(9-10-20-17)18(23)22-15-6-2-1-3-7-15/h4-5,8-12,15H,1-3,6-7H2,(H,20,21)(H,22,23). The molecule has 0 bridgehead atoms. The highest BCUT2D eigenvalue weighted by atomic mass is 79.9. The lowest BCUT2D eigenvalue weighted by Crippen LogP contribution is -2.36. The number of nitrogens with one attached hydrogen (secondary N) is 2. The van der Waals surface area contributed by atoms with Crippen LogP contribution >= 0.6 is 15.9 Å². The molecule has 4 nitrogen and oxygen atoms in total. The number of carbonyl (C=O) groups excluding carboxylic acids is 1. The van der Waals surface area contributed by atoms with Crippen LogP contribution in [0.4, 0.5) is 11.5 Å². The van der Waals surface area contributed by atoms with Gasteiger partial charge in [-0.15, -0.1) is 0 Å². The minimum absolute atomic E-state index is 0.0170. The van der Waals surface area contributed by atoms with E-state index in [1.54, 1.807) is 18.3 Å². The van der Waals surface area contributed by atoms with E-state index < -0.39 is 0 Å². The van der Waals surface area contributed by atoms with Crippen LogP contribution in [0, 0.1) is 0 Å². The number of nitrogens with zero attached hydrogens (tertiary/aromatic N) is 1. The predicted molar refractivity (Wildman–Crippen MR) is 96.0 cm³/mol. The molecule has 1 aliphatic rings. The molecule has 5 heteroatoms. The van der Waals surface area contributed by atoms with E-state index in [0.717, 1.165) is 23.0 Å². The molecule has 1 aromatic carbocycles. The third-order valence-corrected chi connectivity index (χ3v) is 4.55. The lowest BCUT2D eigenvalue weighted by atomic mass is 9.95. The van der Waals surface area contributed by atoms with Gasteiger partial charge in [-0.1, -0.05) is 41.3 Å². The van der Waals surface area contributed by atoms with E-state index in [9.17, 15) is 4.79 Å². The highest BCUT2D eigenvalue weighted by Crippen LogP contribution is 2.21.